The van der Waals surface area contributed by atoms with Crippen LogP contribution in [0, 0.1) is 5.92 Å². The smallest absolute Gasteiger partial charge is 0.257 e. The highest BCUT2D eigenvalue weighted by atomic mass is 35.5. The molecule has 4 nitrogen and oxygen atoms in total. The summed E-state index contributed by atoms with van der Waals surface area (Å²) in [7, 11) is 0. The van der Waals surface area contributed by atoms with Gasteiger partial charge in [0.15, 0.2) is 0 Å². The number of amides is 1. The molecule has 2 aliphatic rings. The molecule has 2 aliphatic heterocycles. The summed E-state index contributed by atoms with van der Waals surface area (Å²) in [5.74, 6) is 0.422. The normalized spacial score (nSPS) is 26.4. The van der Waals surface area contributed by atoms with Crippen molar-refractivity contribution < 1.29 is 9.90 Å². The molecule has 1 amide bonds. The molecule has 96 valence electrons. The van der Waals surface area contributed by atoms with Crippen LogP contribution in [0.15, 0.2) is 18.2 Å². The Morgan fingerprint density at radius 2 is 2.28 bits per heavy atom. The molecule has 0 bridgehead atoms. The lowest BCUT2D eigenvalue weighted by Crippen LogP contribution is -2.39. The number of phenols is 1. The number of nitrogens with one attached hydrogen (secondary N) is 1. The van der Waals surface area contributed by atoms with E-state index in [9.17, 15) is 9.90 Å². The van der Waals surface area contributed by atoms with Gasteiger partial charge < -0.3 is 15.3 Å². The lowest BCUT2D eigenvalue weighted by molar-refractivity contribution is 0.0734. The second-order valence-corrected chi connectivity index (χ2v) is 5.37. The van der Waals surface area contributed by atoms with Crippen molar-refractivity contribution in [3.63, 3.8) is 0 Å². The molecule has 1 aromatic rings. The second-order valence-electron chi connectivity index (χ2n) is 4.93. The van der Waals surface area contributed by atoms with Crippen LogP contribution in [0.25, 0.3) is 0 Å². The van der Waals surface area contributed by atoms with Crippen LogP contribution >= 0.6 is 11.6 Å². The summed E-state index contributed by atoms with van der Waals surface area (Å²) in [6.07, 6.45) is 1.04. The van der Waals surface area contributed by atoms with Crippen LogP contribution in [0.3, 0.4) is 0 Å². The molecule has 3 rings (SSSR count). The van der Waals surface area contributed by atoms with E-state index in [0.29, 0.717) is 16.5 Å². The fraction of sp³-hybridized carbons (Fsp3) is 0.462. The maximum absolute atomic E-state index is 12.4. The Hall–Kier alpha value is -1.26. The van der Waals surface area contributed by atoms with E-state index in [1.54, 1.807) is 12.1 Å². The van der Waals surface area contributed by atoms with Crippen LogP contribution in [0.2, 0.25) is 5.02 Å². The Kier molecular flexibility index (Phi) is 2.92. The lowest BCUT2D eigenvalue weighted by atomic mass is 10.0. The first-order chi connectivity index (χ1) is 8.66. The van der Waals surface area contributed by atoms with Crippen LogP contribution in [0.5, 0.6) is 5.75 Å². The standard InChI is InChI=1S/C13H15ClN2O2/c14-9-1-2-10(12(17)5-9)13(18)16-4-3-8-6-15-7-11(8)16/h1-2,5,8,11,15,17H,3-4,6-7H2/t8-,11+/m1/s1. The number of hydrogen-bond donors (Lipinski definition) is 2. The molecule has 2 atom stereocenters. The van der Waals surface area contributed by atoms with Gasteiger partial charge in [-0.05, 0) is 30.5 Å². The van der Waals surface area contributed by atoms with Crippen molar-refractivity contribution in [1.29, 1.82) is 0 Å². The minimum atomic E-state index is -0.0969. The third-order valence-corrected chi connectivity index (χ3v) is 4.13. The van der Waals surface area contributed by atoms with Gasteiger partial charge in [0.05, 0.1) is 5.56 Å². The highest BCUT2D eigenvalue weighted by Crippen LogP contribution is 2.31. The number of rotatable bonds is 1. The average molecular weight is 267 g/mol. The molecule has 2 N–H and O–H groups in total. The van der Waals surface area contributed by atoms with Gasteiger partial charge in [0.1, 0.15) is 5.75 Å². The molecule has 0 unspecified atom stereocenters. The molecule has 2 fully saturated rings. The largest absolute Gasteiger partial charge is 0.507 e. The molecular formula is C13H15ClN2O2. The van der Waals surface area contributed by atoms with Gasteiger partial charge in [-0.2, -0.15) is 0 Å². The van der Waals surface area contributed by atoms with Gasteiger partial charge in [-0.25, -0.2) is 0 Å². The Labute approximate surface area is 111 Å². The number of halogens is 1. The number of phenolic OH excluding ortho intramolecular Hbond substituents is 1. The predicted octanol–water partition coefficient (Wildman–Crippen LogP) is 1.48. The zero-order valence-corrected chi connectivity index (χ0v) is 10.7. The maximum Gasteiger partial charge on any atom is 0.257 e. The van der Waals surface area contributed by atoms with Crippen molar-refractivity contribution in [2.75, 3.05) is 19.6 Å². The predicted molar refractivity (Wildman–Crippen MR) is 68.9 cm³/mol. The molecule has 18 heavy (non-hydrogen) atoms. The van der Waals surface area contributed by atoms with E-state index in [0.717, 1.165) is 26.1 Å². The van der Waals surface area contributed by atoms with Crippen molar-refractivity contribution in [1.82, 2.24) is 10.2 Å². The molecular weight excluding hydrogens is 252 g/mol. The van der Waals surface area contributed by atoms with E-state index in [4.69, 9.17) is 11.6 Å². The van der Waals surface area contributed by atoms with E-state index < -0.39 is 0 Å². The number of likely N-dealkylation sites (tertiary alicyclic amines) is 1. The Balaban J connectivity index is 1.86. The minimum absolute atomic E-state index is 0.0399. The zero-order chi connectivity index (χ0) is 12.7. The number of nitrogens with zero attached hydrogens (tertiary/aromatic N) is 1. The summed E-state index contributed by atoms with van der Waals surface area (Å²) in [6.45, 7) is 2.61. The first kappa shape index (κ1) is 11.8. The molecule has 5 heteroatoms. The van der Waals surface area contributed by atoms with Gasteiger partial charge in [0.25, 0.3) is 5.91 Å². The van der Waals surface area contributed by atoms with Crippen molar-refractivity contribution in [2.24, 2.45) is 5.92 Å². The summed E-state index contributed by atoms with van der Waals surface area (Å²) in [5, 5.41) is 13.6. The molecule has 0 radical (unpaired) electrons. The fourth-order valence-corrected chi connectivity index (χ4v) is 3.11. The molecule has 2 saturated heterocycles. The van der Waals surface area contributed by atoms with Crippen LogP contribution < -0.4 is 5.32 Å². The van der Waals surface area contributed by atoms with Crippen molar-refractivity contribution >= 4 is 17.5 Å². The van der Waals surface area contributed by atoms with Crippen molar-refractivity contribution in [3.8, 4) is 5.75 Å². The summed E-state index contributed by atoms with van der Waals surface area (Å²) in [5.41, 5.74) is 0.340. The van der Waals surface area contributed by atoms with E-state index in [2.05, 4.69) is 5.32 Å². The summed E-state index contributed by atoms with van der Waals surface area (Å²) in [6, 6.07) is 4.91. The van der Waals surface area contributed by atoms with E-state index in [1.165, 1.54) is 6.07 Å². The SMILES string of the molecule is O=C(c1ccc(Cl)cc1O)N1CC[C@@H]2CNC[C@@H]21. The third kappa shape index (κ3) is 1.85. The highest BCUT2D eigenvalue weighted by molar-refractivity contribution is 6.30. The minimum Gasteiger partial charge on any atom is -0.507 e. The van der Waals surface area contributed by atoms with Crippen molar-refractivity contribution in [3.05, 3.63) is 28.8 Å². The number of carbonyl (C=O) groups excluding carboxylic acids is 1. The monoisotopic (exact) mass is 266 g/mol. The maximum atomic E-state index is 12.4. The van der Waals surface area contributed by atoms with Crippen LogP contribution in [-0.2, 0) is 0 Å². The molecule has 0 aromatic heterocycles. The van der Waals surface area contributed by atoms with Crippen molar-refractivity contribution in [2.45, 2.75) is 12.5 Å². The molecule has 0 saturated carbocycles. The molecule has 2 heterocycles. The first-order valence-corrected chi connectivity index (χ1v) is 6.55. The molecule has 1 aromatic carbocycles. The fourth-order valence-electron chi connectivity index (χ4n) is 2.94. The van der Waals surface area contributed by atoms with Crippen LogP contribution in [0.4, 0.5) is 0 Å². The number of benzene rings is 1. The molecule has 0 spiro atoms. The van der Waals surface area contributed by atoms with Gasteiger partial charge in [0, 0.05) is 30.7 Å². The lowest BCUT2D eigenvalue weighted by Gasteiger charge is -2.23. The van der Waals surface area contributed by atoms with E-state index in [-0.39, 0.29) is 17.7 Å². The third-order valence-electron chi connectivity index (χ3n) is 3.90. The Morgan fingerprint density at radius 3 is 3.06 bits per heavy atom. The van der Waals surface area contributed by atoms with Gasteiger partial charge >= 0.3 is 0 Å². The summed E-state index contributed by atoms with van der Waals surface area (Å²) in [4.78, 5) is 14.3. The van der Waals surface area contributed by atoms with Gasteiger partial charge in [-0.3, -0.25) is 4.79 Å². The topological polar surface area (TPSA) is 52.6 Å². The number of fused-ring (bicyclic) bond motifs is 1. The first-order valence-electron chi connectivity index (χ1n) is 6.17. The van der Waals surface area contributed by atoms with Crippen LogP contribution in [-0.4, -0.2) is 41.6 Å². The Bertz CT molecular complexity index is 492. The number of carbonyl (C=O) groups is 1. The van der Waals surface area contributed by atoms with E-state index in [1.807, 2.05) is 4.90 Å². The quantitative estimate of drug-likeness (QED) is 0.810. The average Bonchev–Trinajstić information content (AvgIpc) is 2.89. The molecule has 0 aliphatic carbocycles. The van der Waals surface area contributed by atoms with Gasteiger partial charge in [-0.1, -0.05) is 11.6 Å². The highest BCUT2D eigenvalue weighted by Gasteiger charge is 2.40. The van der Waals surface area contributed by atoms with Gasteiger partial charge in [-0.15, -0.1) is 0 Å². The number of aromatic hydroxyl groups is 1. The summed E-state index contributed by atoms with van der Waals surface area (Å²) < 4.78 is 0. The van der Waals surface area contributed by atoms with E-state index >= 15 is 0 Å². The zero-order valence-electron chi connectivity index (χ0n) is 9.90. The Morgan fingerprint density at radius 1 is 1.44 bits per heavy atom. The van der Waals surface area contributed by atoms with Gasteiger partial charge in [0.2, 0.25) is 0 Å². The van der Waals surface area contributed by atoms with Crippen LogP contribution in [0.1, 0.15) is 16.8 Å². The summed E-state index contributed by atoms with van der Waals surface area (Å²) >= 11 is 5.78. The number of hydrogen-bond acceptors (Lipinski definition) is 3. The second kappa shape index (κ2) is 4.44.